The maximum atomic E-state index is 11.5. The number of rotatable bonds is 6. The minimum absolute atomic E-state index is 0.00605. The second kappa shape index (κ2) is 7.04. The summed E-state index contributed by atoms with van der Waals surface area (Å²) in [7, 11) is 1.67. The summed E-state index contributed by atoms with van der Waals surface area (Å²) in [4.78, 5) is 11.5. The standard InChI is InChI=1S/C13H20N2O2/c1-10(7-14)13(16)15-8-11-3-5-12(6-4-11)9-17-2/h3-6,10H,7-9,14H2,1-2H3,(H,15,16). The minimum Gasteiger partial charge on any atom is -0.380 e. The summed E-state index contributed by atoms with van der Waals surface area (Å²) in [6.07, 6.45) is 0. The number of carbonyl (C=O) groups excluding carboxylic acids is 1. The van der Waals surface area contributed by atoms with Crippen molar-refractivity contribution in [3.05, 3.63) is 35.4 Å². The SMILES string of the molecule is COCc1ccc(CNC(=O)C(C)CN)cc1. The highest BCUT2D eigenvalue weighted by atomic mass is 16.5. The lowest BCUT2D eigenvalue weighted by atomic mass is 10.1. The van der Waals surface area contributed by atoms with Crippen molar-refractivity contribution in [1.82, 2.24) is 5.32 Å². The number of benzene rings is 1. The lowest BCUT2D eigenvalue weighted by molar-refractivity contribution is -0.124. The third kappa shape index (κ3) is 4.54. The zero-order chi connectivity index (χ0) is 12.7. The van der Waals surface area contributed by atoms with Crippen LogP contribution in [0, 0.1) is 5.92 Å². The van der Waals surface area contributed by atoms with Crippen LogP contribution in [0.15, 0.2) is 24.3 Å². The Morgan fingerprint density at radius 2 is 1.94 bits per heavy atom. The van der Waals surface area contributed by atoms with E-state index in [1.165, 1.54) is 0 Å². The molecule has 0 aliphatic rings. The number of methoxy groups -OCH3 is 1. The molecule has 0 saturated heterocycles. The summed E-state index contributed by atoms with van der Waals surface area (Å²) in [5, 5.41) is 2.85. The third-order valence-corrected chi connectivity index (χ3v) is 2.60. The average Bonchev–Trinajstić information content (AvgIpc) is 2.37. The number of hydrogen-bond donors (Lipinski definition) is 2. The fourth-order valence-electron chi connectivity index (χ4n) is 1.39. The van der Waals surface area contributed by atoms with E-state index in [0.717, 1.165) is 11.1 Å². The highest BCUT2D eigenvalue weighted by molar-refractivity contribution is 5.78. The summed E-state index contributed by atoms with van der Waals surface area (Å²) >= 11 is 0. The molecule has 0 aliphatic heterocycles. The molecule has 1 aromatic rings. The van der Waals surface area contributed by atoms with Gasteiger partial charge in [-0.1, -0.05) is 31.2 Å². The fraction of sp³-hybridized carbons (Fsp3) is 0.462. The fourth-order valence-corrected chi connectivity index (χ4v) is 1.39. The van der Waals surface area contributed by atoms with Crippen LogP contribution < -0.4 is 11.1 Å². The second-order valence-electron chi connectivity index (χ2n) is 4.10. The summed E-state index contributed by atoms with van der Waals surface area (Å²) in [6.45, 7) is 3.34. The molecule has 0 saturated carbocycles. The molecule has 1 unspecified atom stereocenters. The van der Waals surface area contributed by atoms with Crippen molar-refractivity contribution < 1.29 is 9.53 Å². The first kappa shape index (κ1) is 13.7. The van der Waals surface area contributed by atoms with Crippen LogP contribution in [0.1, 0.15) is 18.1 Å². The largest absolute Gasteiger partial charge is 0.380 e. The van der Waals surface area contributed by atoms with E-state index >= 15 is 0 Å². The first-order valence-corrected chi connectivity index (χ1v) is 5.72. The van der Waals surface area contributed by atoms with E-state index in [1.54, 1.807) is 7.11 Å². The van der Waals surface area contributed by atoms with Gasteiger partial charge in [0.15, 0.2) is 0 Å². The summed E-state index contributed by atoms with van der Waals surface area (Å²) < 4.78 is 5.03. The van der Waals surface area contributed by atoms with Crippen LogP contribution in [0.2, 0.25) is 0 Å². The monoisotopic (exact) mass is 236 g/mol. The molecule has 4 heteroatoms. The Balaban J connectivity index is 2.44. The molecule has 1 aromatic carbocycles. The summed E-state index contributed by atoms with van der Waals surface area (Å²) in [6, 6.07) is 7.97. The molecular weight excluding hydrogens is 216 g/mol. The molecular formula is C13H20N2O2. The highest BCUT2D eigenvalue weighted by Gasteiger charge is 2.09. The molecule has 3 N–H and O–H groups in total. The van der Waals surface area contributed by atoms with Crippen molar-refractivity contribution in [3.8, 4) is 0 Å². The topological polar surface area (TPSA) is 64.3 Å². The zero-order valence-electron chi connectivity index (χ0n) is 10.4. The quantitative estimate of drug-likeness (QED) is 0.775. The van der Waals surface area contributed by atoms with E-state index < -0.39 is 0 Å². The average molecular weight is 236 g/mol. The van der Waals surface area contributed by atoms with Gasteiger partial charge in [-0.05, 0) is 11.1 Å². The Kier molecular flexibility index (Phi) is 5.66. The van der Waals surface area contributed by atoms with E-state index in [2.05, 4.69) is 5.32 Å². The van der Waals surface area contributed by atoms with Crippen molar-refractivity contribution >= 4 is 5.91 Å². The van der Waals surface area contributed by atoms with Gasteiger partial charge in [0, 0.05) is 26.1 Å². The first-order valence-electron chi connectivity index (χ1n) is 5.72. The molecule has 94 valence electrons. The number of hydrogen-bond acceptors (Lipinski definition) is 3. The van der Waals surface area contributed by atoms with Crippen LogP contribution in [-0.4, -0.2) is 19.6 Å². The van der Waals surface area contributed by atoms with Crippen LogP contribution in [0.5, 0.6) is 0 Å². The Labute approximate surface area is 102 Å². The van der Waals surface area contributed by atoms with E-state index in [0.29, 0.717) is 19.7 Å². The Morgan fingerprint density at radius 3 is 2.47 bits per heavy atom. The highest BCUT2D eigenvalue weighted by Crippen LogP contribution is 2.05. The molecule has 0 heterocycles. The number of ether oxygens (including phenoxy) is 1. The number of carbonyl (C=O) groups is 1. The Bertz CT molecular complexity index is 349. The van der Waals surface area contributed by atoms with Crippen molar-refractivity contribution in [1.29, 1.82) is 0 Å². The minimum atomic E-state index is -0.136. The van der Waals surface area contributed by atoms with Gasteiger partial charge in [-0.3, -0.25) is 4.79 Å². The van der Waals surface area contributed by atoms with Gasteiger partial charge in [-0.25, -0.2) is 0 Å². The van der Waals surface area contributed by atoms with Crippen LogP contribution in [0.25, 0.3) is 0 Å². The van der Waals surface area contributed by atoms with E-state index in [-0.39, 0.29) is 11.8 Å². The third-order valence-electron chi connectivity index (χ3n) is 2.60. The molecule has 4 nitrogen and oxygen atoms in total. The van der Waals surface area contributed by atoms with Gasteiger partial charge in [0.05, 0.1) is 6.61 Å². The predicted octanol–water partition coefficient (Wildman–Crippen LogP) is 1.04. The van der Waals surface area contributed by atoms with Crippen molar-refractivity contribution in [3.63, 3.8) is 0 Å². The molecule has 0 bridgehead atoms. The smallest absolute Gasteiger partial charge is 0.224 e. The maximum absolute atomic E-state index is 11.5. The van der Waals surface area contributed by atoms with E-state index in [9.17, 15) is 4.79 Å². The van der Waals surface area contributed by atoms with Crippen LogP contribution in [-0.2, 0) is 22.7 Å². The number of nitrogens with two attached hydrogens (primary N) is 1. The molecule has 1 atom stereocenters. The van der Waals surface area contributed by atoms with Gasteiger partial charge in [-0.2, -0.15) is 0 Å². The zero-order valence-corrected chi connectivity index (χ0v) is 10.4. The molecule has 0 aliphatic carbocycles. The second-order valence-corrected chi connectivity index (χ2v) is 4.10. The number of amides is 1. The lowest BCUT2D eigenvalue weighted by Crippen LogP contribution is -2.32. The molecule has 1 rings (SSSR count). The molecule has 0 spiro atoms. The molecule has 1 amide bonds. The van der Waals surface area contributed by atoms with Gasteiger partial charge in [-0.15, -0.1) is 0 Å². The number of nitrogens with one attached hydrogen (secondary N) is 1. The van der Waals surface area contributed by atoms with Crippen LogP contribution >= 0.6 is 0 Å². The van der Waals surface area contributed by atoms with Crippen LogP contribution in [0.3, 0.4) is 0 Å². The summed E-state index contributed by atoms with van der Waals surface area (Å²) in [5.74, 6) is -0.142. The molecule has 0 radical (unpaired) electrons. The van der Waals surface area contributed by atoms with Crippen LogP contribution in [0.4, 0.5) is 0 Å². The van der Waals surface area contributed by atoms with Gasteiger partial charge in [0.25, 0.3) is 0 Å². The van der Waals surface area contributed by atoms with Crippen molar-refractivity contribution in [2.75, 3.05) is 13.7 Å². The van der Waals surface area contributed by atoms with E-state index in [4.69, 9.17) is 10.5 Å². The summed E-state index contributed by atoms with van der Waals surface area (Å²) in [5.41, 5.74) is 7.62. The van der Waals surface area contributed by atoms with Crippen molar-refractivity contribution in [2.24, 2.45) is 11.7 Å². The predicted molar refractivity (Wildman–Crippen MR) is 67.2 cm³/mol. The Hall–Kier alpha value is -1.39. The van der Waals surface area contributed by atoms with Gasteiger partial charge < -0.3 is 15.8 Å². The van der Waals surface area contributed by atoms with E-state index in [1.807, 2.05) is 31.2 Å². The maximum Gasteiger partial charge on any atom is 0.224 e. The van der Waals surface area contributed by atoms with Gasteiger partial charge >= 0.3 is 0 Å². The van der Waals surface area contributed by atoms with Gasteiger partial charge in [0.1, 0.15) is 0 Å². The molecule has 17 heavy (non-hydrogen) atoms. The van der Waals surface area contributed by atoms with Crippen molar-refractivity contribution in [2.45, 2.75) is 20.1 Å². The normalized spacial score (nSPS) is 12.2. The van der Waals surface area contributed by atoms with Gasteiger partial charge in [0.2, 0.25) is 5.91 Å². The lowest BCUT2D eigenvalue weighted by Gasteiger charge is -2.10. The first-order chi connectivity index (χ1) is 8.17. The molecule has 0 fully saturated rings. The molecule has 0 aromatic heterocycles. The Morgan fingerprint density at radius 1 is 1.35 bits per heavy atom.